The van der Waals surface area contributed by atoms with Crippen LogP contribution in [0.15, 0.2) is 84.0 Å². The maximum Gasteiger partial charge on any atom is 0.251 e. The lowest BCUT2D eigenvalue weighted by atomic mass is 10.0. The van der Waals surface area contributed by atoms with Gasteiger partial charge in [0.1, 0.15) is 17.5 Å². The summed E-state index contributed by atoms with van der Waals surface area (Å²) in [5, 5.41) is 3.96. The molecule has 0 aliphatic carbocycles. The monoisotopic (exact) mass is 590 g/mol. The molecule has 0 aliphatic heterocycles. The van der Waals surface area contributed by atoms with E-state index in [4.69, 9.17) is 21.1 Å². The molecule has 0 bridgehead atoms. The Hall–Kier alpha value is -4.08. The maximum absolute atomic E-state index is 14.0. The molecular weight excluding hydrogens is 560 g/mol. The Kier molecular flexibility index (Phi) is 10.2. The van der Waals surface area contributed by atoms with Crippen molar-refractivity contribution in [1.29, 1.82) is 0 Å². The molecule has 41 heavy (non-hydrogen) atoms. The molecule has 8 nitrogen and oxygen atoms in total. The number of halogens is 1. The Labute approximate surface area is 249 Å². The average Bonchev–Trinajstić information content (AvgIpc) is 2.97. The third-order valence-corrected chi connectivity index (χ3v) is 7.46. The van der Waals surface area contributed by atoms with Crippen LogP contribution in [0.5, 0.6) is 11.5 Å². The second-order valence-corrected chi connectivity index (χ2v) is 10.6. The number of aromatic nitrogens is 2. The second kappa shape index (κ2) is 14.0. The van der Waals surface area contributed by atoms with E-state index in [0.29, 0.717) is 38.5 Å². The number of rotatable bonds is 11. The Morgan fingerprint density at radius 3 is 2.07 bits per heavy atom. The van der Waals surface area contributed by atoms with E-state index in [-0.39, 0.29) is 24.1 Å². The quantitative estimate of drug-likeness (QED) is 0.163. The van der Waals surface area contributed by atoms with E-state index < -0.39 is 6.04 Å². The van der Waals surface area contributed by atoms with Gasteiger partial charge in [-0.25, -0.2) is 9.97 Å². The summed E-state index contributed by atoms with van der Waals surface area (Å²) < 4.78 is 10.6. The molecule has 10 heteroatoms. The van der Waals surface area contributed by atoms with Gasteiger partial charge >= 0.3 is 0 Å². The zero-order valence-electron chi connectivity index (χ0n) is 23.3. The fourth-order valence-electron chi connectivity index (χ4n) is 4.24. The third-order valence-electron chi connectivity index (χ3n) is 6.25. The van der Waals surface area contributed by atoms with Crippen LogP contribution in [0.4, 0.5) is 5.69 Å². The molecule has 0 spiro atoms. The molecule has 1 N–H and O–H groups in total. The minimum absolute atomic E-state index is 0.0236. The van der Waals surface area contributed by atoms with Crippen LogP contribution in [0, 0.1) is 13.8 Å². The van der Waals surface area contributed by atoms with Crippen LogP contribution in [-0.4, -0.2) is 46.7 Å². The van der Waals surface area contributed by atoms with E-state index in [1.54, 1.807) is 68.8 Å². The smallest absolute Gasteiger partial charge is 0.251 e. The highest BCUT2D eigenvalue weighted by atomic mass is 35.5. The fourth-order valence-corrected chi connectivity index (χ4v) is 5.28. The minimum atomic E-state index is -0.979. The molecule has 0 radical (unpaired) electrons. The van der Waals surface area contributed by atoms with Gasteiger partial charge in [0.2, 0.25) is 5.91 Å². The molecule has 212 valence electrons. The first-order chi connectivity index (χ1) is 19.8. The Morgan fingerprint density at radius 1 is 0.902 bits per heavy atom. The summed E-state index contributed by atoms with van der Waals surface area (Å²) in [6.45, 7) is 3.88. The van der Waals surface area contributed by atoms with E-state index in [9.17, 15) is 9.59 Å². The highest BCUT2D eigenvalue weighted by Gasteiger charge is 2.32. The minimum Gasteiger partial charge on any atom is -0.497 e. The molecule has 0 unspecified atom stereocenters. The number of anilines is 1. The van der Waals surface area contributed by atoms with Gasteiger partial charge in [0.25, 0.3) is 5.91 Å². The van der Waals surface area contributed by atoms with Crippen molar-refractivity contribution in [2.45, 2.75) is 31.6 Å². The summed E-state index contributed by atoms with van der Waals surface area (Å²) >= 11 is 7.74. The summed E-state index contributed by atoms with van der Waals surface area (Å²) in [6, 6.07) is 22.3. The van der Waals surface area contributed by atoms with Gasteiger partial charge in [-0.05, 0) is 73.5 Å². The lowest BCUT2D eigenvalue weighted by Crippen LogP contribution is -2.42. The Morgan fingerprint density at radius 2 is 1.49 bits per heavy atom. The maximum atomic E-state index is 14.0. The molecule has 4 aromatic rings. The molecule has 2 amide bonds. The predicted octanol–water partition coefficient (Wildman–Crippen LogP) is 6.26. The first-order valence-electron chi connectivity index (χ1n) is 12.8. The van der Waals surface area contributed by atoms with E-state index >= 15 is 0 Å². The Bertz CT molecular complexity index is 1480. The number of carbonyl (C=O) groups is 2. The van der Waals surface area contributed by atoms with Gasteiger partial charge in [0.05, 0.1) is 20.0 Å². The zero-order chi connectivity index (χ0) is 29.4. The van der Waals surface area contributed by atoms with Crippen molar-refractivity contribution in [2.24, 2.45) is 0 Å². The van der Waals surface area contributed by atoms with E-state index in [1.165, 1.54) is 16.7 Å². The number of nitrogens with zero attached hydrogens (tertiary/aromatic N) is 3. The number of thioether (sulfide) groups is 1. The van der Waals surface area contributed by atoms with Crippen molar-refractivity contribution < 1.29 is 19.1 Å². The van der Waals surface area contributed by atoms with E-state index in [1.807, 2.05) is 38.1 Å². The van der Waals surface area contributed by atoms with Crippen molar-refractivity contribution in [2.75, 3.05) is 25.3 Å². The van der Waals surface area contributed by atoms with Crippen LogP contribution in [0.1, 0.15) is 28.6 Å². The number of nitrogens with one attached hydrogen (secondary N) is 1. The van der Waals surface area contributed by atoms with Crippen molar-refractivity contribution in [3.8, 4) is 11.5 Å². The lowest BCUT2D eigenvalue weighted by Gasteiger charge is -2.32. The van der Waals surface area contributed by atoms with Crippen molar-refractivity contribution in [3.05, 3.63) is 106 Å². The number of ether oxygens (including phenoxy) is 2. The lowest BCUT2D eigenvalue weighted by molar-refractivity contribution is -0.137. The number of hydrogen-bond acceptors (Lipinski definition) is 7. The van der Waals surface area contributed by atoms with Crippen molar-refractivity contribution in [3.63, 3.8) is 0 Å². The van der Waals surface area contributed by atoms with Crippen molar-refractivity contribution in [1.82, 2.24) is 14.9 Å². The molecule has 1 heterocycles. The summed E-state index contributed by atoms with van der Waals surface area (Å²) in [5.41, 5.74) is 3.53. The summed E-state index contributed by atoms with van der Waals surface area (Å²) in [5.74, 6) is 0.665. The standard InChI is InChI=1S/C31H31ClN4O4S/c1-20-17-21(2)34-31(33-20)41-19-28(37)36(18-23-7-5-6-8-27(23)32)29(22-9-13-25(39-3)14-10-22)30(38)35-24-11-15-26(40-4)16-12-24/h5-17,29H,18-19H2,1-4H3,(H,35,38)/t29-/m0/s1. The molecule has 3 aromatic carbocycles. The SMILES string of the molecule is COc1ccc(NC(=O)[C@H](c2ccc(OC)cc2)N(Cc2ccccc2Cl)C(=O)CSc2nc(C)cc(C)n2)cc1. The average molecular weight is 591 g/mol. The number of amides is 2. The molecule has 0 saturated heterocycles. The van der Waals surface area contributed by atoms with Gasteiger partial charge in [-0.1, -0.05) is 53.7 Å². The molecular formula is C31H31ClN4O4S. The number of methoxy groups -OCH3 is 2. The van der Waals surface area contributed by atoms with Crippen LogP contribution in [0.2, 0.25) is 5.02 Å². The number of carbonyl (C=O) groups excluding carboxylic acids is 2. The van der Waals surface area contributed by atoms with Crippen LogP contribution >= 0.6 is 23.4 Å². The molecule has 4 rings (SSSR count). The van der Waals surface area contributed by atoms with Gasteiger partial charge < -0.3 is 19.7 Å². The van der Waals surface area contributed by atoms with Gasteiger partial charge in [-0.15, -0.1) is 0 Å². The van der Waals surface area contributed by atoms with Crippen LogP contribution < -0.4 is 14.8 Å². The van der Waals surface area contributed by atoms with Gasteiger partial charge in [-0.3, -0.25) is 9.59 Å². The number of aryl methyl sites for hydroxylation is 2. The molecule has 1 aromatic heterocycles. The highest BCUT2D eigenvalue weighted by molar-refractivity contribution is 7.99. The molecule has 0 fully saturated rings. The first-order valence-corrected chi connectivity index (χ1v) is 14.2. The molecule has 0 saturated carbocycles. The van der Waals surface area contributed by atoms with Crippen molar-refractivity contribution >= 4 is 40.9 Å². The van der Waals surface area contributed by atoms with Gasteiger partial charge in [0.15, 0.2) is 5.16 Å². The summed E-state index contributed by atoms with van der Waals surface area (Å²) in [6.07, 6.45) is 0. The fraction of sp³-hybridized carbons (Fsp3) is 0.226. The van der Waals surface area contributed by atoms with Gasteiger partial charge in [-0.2, -0.15) is 0 Å². The topological polar surface area (TPSA) is 93.7 Å². The third kappa shape index (κ3) is 7.99. The number of benzene rings is 3. The van der Waals surface area contributed by atoms with Crippen LogP contribution in [-0.2, 0) is 16.1 Å². The first kappa shape index (κ1) is 29.9. The summed E-state index contributed by atoms with van der Waals surface area (Å²) in [7, 11) is 3.15. The second-order valence-electron chi connectivity index (χ2n) is 9.23. The van der Waals surface area contributed by atoms with Gasteiger partial charge in [0, 0.05) is 28.6 Å². The Balaban J connectivity index is 1.71. The zero-order valence-corrected chi connectivity index (χ0v) is 24.8. The largest absolute Gasteiger partial charge is 0.497 e. The van der Waals surface area contributed by atoms with E-state index in [0.717, 1.165) is 11.4 Å². The van der Waals surface area contributed by atoms with E-state index in [2.05, 4.69) is 15.3 Å². The van der Waals surface area contributed by atoms with Crippen LogP contribution in [0.25, 0.3) is 0 Å². The summed E-state index contributed by atoms with van der Waals surface area (Å²) in [4.78, 5) is 38.4. The normalized spacial score (nSPS) is 11.4. The highest BCUT2D eigenvalue weighted by Crippen LogP contribution is 2.30. The molecule has 1 atom stereocenters. The predicted molar refractivity (Wildman–Crippen MR) is 162 cm³/mol. The molecule has 0 aliphatic rings. The number of hydrogen-bond donors (Lipinski definition) is 1. The van der Waals surface area contributed by atoms with Crippen LogP contribution in [0.3, 0.4) is 0 Å².